The fourth-order valence-corrected chi connectivity index (χ4v) is 1.22. The van der Waals surface area contributed by atoms with Gasteiger partial charge in [0.1, 0.15) is 0 Å². The van der Waals surface area contributed by atoms with Gasteiger partial charge in [-0.25, -0.2) is 0 Å². The van der Waals surface area contributed by atoms with Gasteiger partial charge in [0.2, 0.25) is 5.91 Å². The molecule has 0 aromatic rings. The summed E-state index contributed by atoms with van der Waals surface area (Å²) in [5.41, 5.74) is 5.61. The molecule has 3 nitrogen and oxygen atoms in total. The second kappa shape index (κ2) is 5.97. The number of carbonyl (C=O) groups excluding carboxylic acids is 1. The van der Waals surface area contributed by atoms with Crippen LogP contribution in [0.15, 0.2) is 0 Å². The zero-order valence-electron chi connectivity index (χ0n) is 9.13. The molecule has 13 heavy (non-hydrogen) atoms. The average molecular weight is 186 g/mol. The number of nitrogens with one attached hydrogen (secondary N) is 1. The monoisotopic (exact) mass is 186 g/mol. The van der Waals surface area contributed by atoms with Crippen molar-refractivity contribution in [1.82, 2.24) is 5.32 Å². The summed E-state index contributed by atoms with van der Waals surface area (Å²) in [7, 11) is 0. The Morgan fingerprint density at radius 3 is 2.15 bits per heavy atom. The molecule has 0 bridgehead atoms. The standard InChI is InChI=1S/C10H22N2O/c1-5-8(11)10(13)12-9(6-2)7(3)4/h7-9H,5-6,11H2,1-4H3,(H,12,13)/t8-,9?/m1/s1. The topological polar surface area (TPSA) is 55.1 Å². The molecule has 0 fully saturated rings. The average Bonchev–Trinajstić information content (AvgIpc) is 2.11. The Bertz CT molecular complexity index is 157. The van der Waals surface area contributed by atoms with Gasteiger partial charge in [-0.15, -0.1) is 0 Å². The smallest absolute Gasteiger partial charge is 0.237 e. The molecular weight excluding hydrogens is 164 g/mol. The van der Waals surface area contributed by atoms with Crippen molar-refractivity contribution in [3.05, 3.63) is 0 Å². The van der Waals surface area contributed by atoms with Crippen molar-refractivity contribution in [3.63, 3.8) is 0 Å². The quantitative estimate of drug-likeness (QED) is 0.679. The minimum absolute atomic E-state index is 0.0250. The lowest BCUT2D eigenvalue weighted by atomic mass is 10.0. The highest BCUT2D eigenvalue weighted by atomic mass is 16.2. The molecule has 0 spiro atoms. The van der Waals surface area contributed by atoms with Crippen LogP contribution in [-0.4, -0.2) is 18.0 Å². The first kappa shape index (κ1) is 12.4. The Hall–Kier alpha value is -0.570. The van der Waals surface area contributed by atoms with E-state index < -0.39 is 0 Å². The van der Waals surface area contributed by atoms with Gasteiger partial charge in [-0.3, -0.25) is 4.79 Å². The van der Waals surface area contributed by atoms with Crippen molar-refractivity contribution >= 4 is 5.91 Å². The van der Waals surface area contributed by atoms with Gasteiger partial charge in [0.15, 0.2) is 0 Å². The van der Waals surface area contributed by atoms with Gasteiger partial charge in [-0.05, 0) is 18.8 Å². The van der Waals surface area contributed by atoms with E-state index in [0.717, 1.165) is 6.42 Å². The molecule has 0 aromatic heterocycles. The Labute approximate surface area is 81.1 Å². The first-order chi connectivity index (χ1) is 6.02. The van der Waals surface area contributed by atoms with Gasteiger partial charge in [0, 0.05) is 6.04 Å². The van der Waals surface area contributed by atoms with E-state index in [2.05, 4.69) is 26.1 Å². The van der Waals surface area contributed by atoms with E-state index in [1.165, 1.54) is 0 Å². The molecule has 1 unspecified atom stereocenters. The summed E-state index contributed by atoms with van der Waals surface area (Å²) in [4.78, 5) is 11.4. The number of amides is 1. The van der Waals surface area contributed by atoms with Gasteiger partial charge in [-0.1, -0.05) is 27.7 Å². The third kappa shape index (κ3) is 4.27. The maximum atomic E-state index is 11.4. The summed E-state index contributed by atoms with van der Waals surface area (Å²) in [5.74, 6) is 0.445. The highest BCUT2D eigenvalue weighted by Crippen LogP contribution is 2.05. The molecule has 2 atom stereocenters. The normalized spacial score (nSPS) is 15.5. The summed E-state index contributed by atoms with van der Waals surface area (Å²) in [6, 6.07) is -0.0992. The largest absolute Gasteiger partial charge is 0.352 e. The summed E-state index contributed by atoms with van der Waals surface area (Å²) in [6.45, 7) is 8.20. The van der Waals surface area contributed by atoms with Crippen molar-refractivity contribution < 1.29 is 4.79 Å². The molecule has 3 heteroatoms. The van der Waals surface area contributed by atoms with E-state index in [1.807, 2.05) is 6.92 Å². The van der Waals surface area contributed by atoms with Crippen LogP contribution in [0.3, 0.4) is 0 Å². The van der Waals surface area contributed by atoms with Crippen LogP contribution >= 0.6 is 0 Å². The van der Waals surface area contributed by atoms with Crippen molar-refractivity contribution in [3.8, 4) is 0 Å². The molecule has 0 aliphatic heterocycles. The van der Waals surface area contributed by atoms with E-state index in [0.29, 0.717) is 12.3 Å². The van der Waals surface area contributed by atoms with Gasteiger partial charge in [0.25, 0.3) is 0 Å². The maximum absolute atomic E-state index is 11.4. The van der Waals surface area contributed by atoms with Crippen LogP contribution in [0.5, 0.6) is 0 Å². The van der Waals surface area contributed by atoms with Crippen LogP contribution in [0.4, 0.5) is 0 Å². The predicted octanol–water partition coefficient (Wildman–Crippen LogP) is 1.27. The van der Waals surface area contributed by atoms with Crippen molar-refractivity contribution in [2.45, 2.75) is 52.6 Å². The molecule has 0 aliphatic carbocycles. The third-order valence-corrected chi connectivity index (χ3v) is 2.35. The molecule has 78 valence electrons. The number of hydrogen-bond acceptors (Lipinski definition) is 2. The van der Waals surface area contributed by atoms with E-state index >= 15 is 0 Å². The van der Waals surface area contributed by atoms with E-state index in [4.69, 9.17) is 5.73 Å². The Morgan fingerprint density at radius 2 is 1.85 bits per heavy atom. The van der Waals surface area contributed by atoms with Crippen LogP contribution in [0.2, 0.25) is 0 Å². The van der Waals surface area contributed by atoms with Crippen LogP contribution in [-0.2, 0) is 4.79 Å². The lowest BCUT2D eigenvalue weighted by Gasteiger charge is -2.22. The lowest BCUT2D eigenvalue weighted by molar-refractivity contribution is -0.123. The highest BCUT2D eigenvalue weighted by molar-refractivity contribution is 5.81. The molecule has 3 N–H and O–H groups in total. The Morgan fingerprint density at radius 1 is 1.31 bits per heavy atom. The minimum atomic E-state index is -0.354. The number of nitrogens with two attached hydrogens (primary N) is 1. The number of rotatable bonds is 5. The fraction of sp³-hybridized carbons (Fsp3) is 0.900. The first-order valence-electron chi connectivity index (χ1n) is 5.08. The number of hydrogen-bond donors (Lipinski definition) is 2. The molecule has 0 aromatic carbocycles. The van der Waals surface area contributed by atoms with Gasteiger partial charge in [-0.2, -0.15) is 0 Å². The molecule has 1 amide bonds. The summed E-state index contributed by atoms with van der Waals surface area (Å²) >= 11 is 0. The highest BCUT2D eigenvalue weighted by Gasteiger charge is 2.17. The fourth-order valence-electron chi connectivity index (χ4n) is 1.22. The van der Waals surface area contributed by atoms with Gasteiger partial charge >= 0.3 is 0 Å². The zero-order valence-corrected chi connectivity index (χ0v) is 9.13. The van der Waals surface area contributed by atoms with E-state index in [1.54, 1.807) is 0 Å². The van der Waals surface area contributed by atoms with Crippen LogP contribution < -0.4 is 11.1 Å². The van der Waals surface area contributed by atoms with Crippen molar-refractivity contribution in [1.29, 1.82) is 0 Å². The van der Waals surface area contributed by atoms with E-state index in [-0.39, 0.29) is 18.0 Å². The van der Waals surface area contributed by atoms with Crippen molar-refractivity contribution in [2.75, 3.05) is 0 Å². The minimum Gasteiger partial charge on any atom is -0.352 e. The molecule has 0 radical (unpaired) electrons. The van der Waals surface area contributed by atoms with Gasteiger partial charge < -0.3 is 11.1 Å². The molecule has 0 rings (SSSR count). The van der Waals surface area contributed by atoms with Gasteiger partial charge in [0.05, 0.1) is 6.04 Å². The molecular formula is C10H22N2O. The maximum Gasteiger partial charge on any atom is 0.237 e. The molecule has 0 saturated heterocycles. The second-order valence-corrected chi connectivity index (χ2v) is 3.78. The summed E-state index contributed by atoms with van der Waals surface area (Å²) in [6.07, 6.45) is 1.65. The summed E-state index contributed by atoms with van der Waals surface area (Å²) < 4.78 is 0. The van der Waals surface area contributed by atoms with Crippen molar-refractivity contribution in [2.24, 2.45) is 11.7 Å². The molecule has 0 aliphatic rings. The molecule has 0 saturated carbocycles. The molecule has 0 heterocycles. The lowest BCUT2D eigenvalue weighted by Crippen LogP contribution is -2.46. The SMILES string of the molecule is CCC(NC(=O)[C@H](N)CC)C(C)C. The second-order valence-electron chi connectivity index (χ2n) is 3.78. The number of carbonyl (C=O) groups is 1. The first-order valence-corrected chi connectivity index (χ1v) is 5.08. The Kier molecular flexibility index (Phi) is 5.71. The van der Waals surface area contributed by atoms with Crippen LogP contribution in [0.1, 0.15) is 40.5 Å². The third-order valence-electron chi connectivity index (χ3n) is 2.35. The Balaban J connectivity index is 4.01. The van der Waals surface area contributed by atoms with Crippen LogP contribution in [0, 0.1) is 5.92 Å². The van der Waals surface area contributed by atoms with Crippen LogP contribution in [0.25, 0.3) is 0 Å². The zero-order chi connectivity index (χ0) is 10.4. The summed E-state index contributed by atoms with van der Waals surface area (Å²) in [5, 5.41) is 2.95. The van der Waals surface area contributed by atoms with E-state index in [9.17, 15) is 4.79 Å². The predicted molar refractivity (Wildman–Crippen MR) is 55.3 cm³/mol.